The molecule has 0 heteroatoms. The van der Waals surface area contributed by atoms with Gasteiger partial charge in [-0.25, -0.2) is 0 Å². The fourth-order valence-corrected chi connectivity index (χ4v) is 3.70. The van der Waals surface area contributed by atoms with Crippen molar-refractivity contribution in [2.45, 2.75) is 0 Å². The molecule has 0 saturated heterocycles. The number of hydrogen-bond donors (Lipinski definition) is 0. The lowest BCUT2D eigenvalue weighted by Gasteiger charge is -2.07. The van der Waals surface area contributed by atoms with E-state index in [4.69, 9.17) is 0 Å². The van der Waals surface area contributed by atoms with E-state index in [2.05, 4.69) is 109 Å². The first kappa shape index (κ1) is 16.5. The van der Waals surface area contributed by atoms with Crippen LogP contribution >= 0.6 is 0 Å². The van der Waals surface area contributed by atoms with Gasteiger partial charge in [0.05, 0.1) is 0 Å². The largest absolute Gasteiger partial charge is 0.183 e. The smallest absolute Gasteiger partial charge is 0.0178 e. The van der Waals surface area contributed by atoms with Gasteiger partial charge in [0.15, 0.2) is 0 Å². The third-order valence-electron chi connectivity index (χ3n) is 5.16. The predicted octanol–water partition coefficient (Wildman–Crippen LogP) is 7.79. The maximum atomic E-state index is 3.10. The summed E-state index contributed by atoms with van der Waals surface area (Å²) in [5.41, 5.74) is 0. The third-order valence-corrected chi connectivity index (χ3v) is 5.16. The molecule has 6 aromatic rings. The van der Waals surface area contributed by atoms with Crippen LogP contribution in [0, 0.1) is 6.07 Å². The Balaban J connectivity index is 0.000000122. The van der Waals surface area contributed by atoms with E-state index in [1.54, 1.807) is 0 Å². The van der Waals surface area contributed by atoms with Crippen LogP contribution in [0.5, 0.6) is 0 Å². The maximum Gasteiger partial charge on any atom is -0.0178 e. The minimum Gasteiger partial charge on any atom is -0.183 e. The van der Waals surface area contributed by atoms with Crippen molar-refractivity contribution in [1.82, 2.24) is 0 Å². The Morgan fingerprint density at radius 1 is 0.357 bits per heavy atom. The molecule has 0 saturated carbocycles. The Morgan fingerprint density at radius 2 is 0.679 bits per heavy atom. The average molecular weight is 355 g/mol. The number of rotatable bonds is 0. The predicted molar refractivity (Wildman–Crippen MR) is 122 cm³/mol. The van der Waals surface area contributed by atoms with Gasteiger partial charge < -0.3 is 0 Å². The second-order valence-electron chi connectivity index (χ2n) is 7.02. The molecular formula is C28H19-. The van der Waals surface area contributed by atoms with Crippen molar-refractivity contribution in [2.24, 2.45) is 0 Å². The molecule has 0 aromatic heterocycles. The zero-order chi connectivity index (χ0) is 18.8. The summed E-state index contributed by atoms with van der Waals surface area (Å²) in [5, 5.41) is 10.4. The van der Waals surface area contributed by atoms with Crippen molar-refractivity contribution in [3.05, 3.63) is 121 Å². The summed E-state index contributed by atoms with van der Waals surface area (Å²) in [6.45, 7) is 0. The highest BCUT2D eigenvalue weighted by Crippen LogP contribution is 2.23. The Hall–Kier alpha value is -3.64. The van der Waals surface area contributed by atoms with Crippen molar-refractivity contribution >= 4 is 43.1 Å². The van der Waals surface area contributed by atoms with Crippen molar-refractivity contribution in [2.75, 3.05) is 0 Å². The molecule has 0 heterocycles. The lowest BCUT2D eigenvalue weighted by molar-refractivity contribution is 1.75. The van der Waals surface area contributed by atoms with E-state index >= 15 is 0 Å². The average Bonchev–Trinajstić information content (AvgIpc) is 2.76. The van der Waals surface area contributed by atoms with E-state index < -0.39 is 0 Å². The SMILES string of the molecule is [c-]1ccc2cc3ccccc3cc2c1.c1ccc2cc3ccccc3cc2c1. The van der Waals surface area contributed by atoms with Crippen LogP contribution in [0.25, 0.3) is 43.1 Å². The second kappa shape index (κ2) is 7.17. The molecule has 0 N–H and O–H groups in total. The van der Waals surface area contributed by atoms with Gasteiger partial charge in [0, 0.05) is 0 Å². The van der Waals surface area contributed by atoms with E-state index in [0.717, 1.165) is 0 Å². The number of benzene rings is 6. The van der Waals surface area contributed by atoms with E-state index in [9.17, 15) is 0 Å². The van der Waals surface area contributed by atoms with Crippen LogP contribution < -0.4 is 0 Å². The highest BCUT2D eigenvalue weighted by Gasteiger charge is 1.95. The third kappa shape index (κ3) is 3.21. The standard InChI is InChI=1S/C14H10.C14H9/c2*1-2-6-12-10-14-8-4-3-7-13(14)9-11(12)5-1/h1-10H;1-3,5-10H/q;-1. The molecule has 0 aliphatic rings. The first-order valence-corrected chi connectivity index (χ1v) is 9.53. The van der Waals surface area contributed by atoms with E-state index in [1.165, 1.54) is 43.1 Å². The molecule has 0 atom stereocenters. The Kier molecular flexibility index (Phi) is 4.23. The van der Waals surface area contributed by atoms with Crippen LogP contribution in [-0.4, -0.2) is 0 Å². The van der Waals surface area contributed by atoms with Crippen molar-refractivity contribution in [3.8, 4) is 0 Å². The van der Waals surface area contributed by atoms with Gasteiger partial charge in [0.25, 0.3) is 0 Å². The lowest BCUT2D eigenvalue weighted by atomic mass is 10.0. The molecule has 132 valence electrons. The molecule has 0 spiro atoms. The molecule has 0 aliphatic heterocycles. The molecule has 0 unspecified atom stereocenters. The fraction of sp³-hybridized carbons (Fsp3) is 0. The van der Waals surface area contributed by atoms with Crippen molar-refractivity contribution in [1.29, 1.82) is 0 Å². The summed E-state index contributed by atoms with van der Waals surface area (Å²) in [6, 6.07) is 43.5. The minimum atomic E-state index is 1.26. The van der Waals surface area contributed by atoms with Gasteiger partial charge >= 0.3 is 0 Å². The van der Waals surface area contributed by atoms with Gasteiger partial charge in [0.2, 0.25) is 0 Å². The molecular weight excluding hydrogens is 336 g/mol. The first-order valence-electron chi connectivity index (χ1n) is 9.53. The highest BCUT2D eigenvalue weighted by atomic mass is 14.0. The number of fused-ring (bicyclic) bond motifs is 4. The van der Waals surface area contributed by atoms with E-state index in [-0.39, 0.29) is 0 Å². The summed E-state index contributed by atoms with van der Waals surface area (Å²) in [5.74, 6) is 0. The molecule has 0 fully saturated rings. The van der Waals surface area contributed by atoms with Crippen LogP contribution in [0.15, 0.2) is 115 Å². The summed E-state index contributed by atoms with van der Waals surface area (Å²) in [7, 11) is 0. The van der Waals surface area contributed by atoms with Crippen molar-refractivity contribution < 1.29 is 0 Å². The Bertz CT molecular complexity index is 1090. The van der Waals surface area contributed by atoms with E-state index in [1.807, 2.05) is 12.1 Å². The molecule has 0 bridgehead atoms. The van der Waals surface area contributed by atoms with Gasteiger partial charge in [-0.2, -0.15) is 24.3 Å². The molecule has 6 rings (SSSR count). The zero-order valence-electron chi connectivity index (χ0n) is 15.5. The van der Waals surface area contributed by atoms with Crippen LogP contribution in [0.4, 0.5) is 0 Å². The molecule has 28 heavy (non-hydrogen) atoms. The van der Waals surface area contributed by atoms with Gasteiger partial charge in [-0.05, 0) is 44.5 Å². The quantitative estimate of drug-likeness (QED) is 0.193. The summed E-state index contributed by atoms with van der Waals surface area (Å²) < 4.78 is 0. The topological polar surface area (TPSA) is 0 Å². The molecule has 0 aliphatic carbocycles. The van der Waals surface area contributed by atoms with Gasteiger partial charge in [-0.1, -0.05) is 78.9 Å². The molecule has 6 aromatic carbocycles. The van der Waals surface area contributed by atoms with Crippen LogP contribution in [-0.2, 0) is 0 Å². The zero-order valence-corrected chi connectivity index (χ0v) is 15.5. The number of hydrogen-bond acceptors (Lipinski definition) is 0. The summed E-state index contributed by atoms with van der Waals surface area (Å²) in [6.07, 6.45) is 0. The van der Waals surface area contributed by atoms with Crippen LogP contribution in [0.1, 0.15) is 0 Å². The minimum absolute atomic E-state index is 1.26. The van der Waals surface area contributed by atoms with Gasteiger partial charge in [-0.3, -0.25) is 0 Å². The second-order valence-corrected chi connectivity index (χ2v) is 7.02. The maximum absolute atomic E-state index is 3.10. The fourth-order valence-electron chi connectivity index (χ4n) is 3.70. The molecule has 0 amide bonds. The Morgan fingerprint density at radius 3 is 1.07 bits per heavy atom. The first-order chi connectivity index (χ1) is 13.9. The molecule has 0 nitrogen and oxygen atoms in total. The van der Waals surface area contributed by atoms with Crippen molar-refractivity contribution in [3.63, 3.8) is 0 Å². The van der Waals surface area contributed by atoms with Gasteiger partial charge in [0.1, 0.15) is 0 Å². The van der Waals surface area contributed by atoms with Gasteiger partial charge in [-0.15, -0.1) is 16.8 Å². The highest BCUT2D eigenvalue weighted by molar-refractivity contribution is 5.98. The summed E-state index contributed by atoms with van der Waals surface area (Å²) in [4.78, 5) is 0. The van der Waals surface area contributed by atoms with Crippen LogP contribution in [0.3, 0.4) is 0 Å². The normalized spacial score (nSPS) is 10.9. The summed E-state index contributed by atoms with van der Waals surface area (Å²) >= 11 is 0. The Labute approximate surface area is 164 Å². The molecule has 0 radical (unpaired) electrons. The van der Waals surface area contributed by atoms with Crippen LogP contribution in [0.2, 0.25) is 0 Å². The lowest BCUT2D eigenvalue weighted by Crippen LogP contribution is -1.74. The van der Waals surface area contributed by atoms with E-state index in [0.29, 0.717) is 0 Å². The monoisotopic (exact) mass is 355 g/mol.